The van der Waals surface area contributed by atoms with Gasteiger partial charge >= 0.3 is 11.9 Å². The van der Waals surface area contributed by atoms with Crippen LogP contribution in [0, 0.1) is 6.92 Å². The lowest BCUT2D eigenvalue weighted by Gasteiger charge is -2.10. The summed E-state index contributed by atoms with van der Waals surface area (Å²) >= 11 is 1.21. The van der Waals surface area contributed by atoms with Crippen LogP contribution in [-0.4, -0.2) is 52.6 Å². The number of thioether (sulfide) groups is 1. The van der Waals surface area contributed by atoms with Crippen molar-refractivity contribution in [2.45, 2.75) is 18.6 Å². The van der Waals surface area contributed by atoms with Crippen LogP contribution in [0.3, 0.4) is 0 Å². The number of carbonyl (C=O) groups excluding carboxylic acids is 3. The van der Waals surface area contributed by atoms with Crippen molar-refractivity contribution in [3.63, 3.8) is 0 Å². The Morgan fingerprint density at radius 2 is 1.75 bits per heavy atom. The molecule has 148 valence electrons. The molecule has 2 aromatic rings. The van der Waals surface area contributed by atoms with E-state index >= 15 is 0 Å². The number of anilines is 1. The lowest BCUT2D eigenvalue weighted by atomic mass is 10.1. The van der Waals surface area contributed by atoms with Gasteiger partial charge < -0.3 is 19.4 Å². The molecule has 0 bridgehead atoms. The largest absolute Gasteiger partial charge is 0.465 e. The number of ether oxygens (including phenoxy) is 2. The standard InChI is InChI=1S/C18H20N4O5S/c1-5-6-22-11(2)20-21-18(22)28-10-15(23)19-14-8-12(16(24)26-3)7-13(9-14)17(25)27-4/h5,7-9H,1,6,10H2,2-4H3,(H,19,23). The van der Waals surface area contributed by atoms with Gasteiger partial charge in [0.25, 0.3) is 0 Å². The predicted molar refractivity (Wildman–Crippen MR) is 103 cm³/mol. The lowest BCUT2D eigenvalue weighted by molar-refractivity contribution is -0.113. The van der Waals surface area contributed by atoms with E-state index in [1.54, 1.807) is 6.08 Å². The van der Waals surface area contributed by atoms with Crippen LogP contribution in [-0.2, 0) is 20.8 Å². The number of hydrogen-bond acceptors (Lipinski definition) is 8. The van der Waals surface area contributed by atoms with Crippen LogP contribution in [0.25, 0.3) is 0 Å². The summed E-state index contributed by atoms with van der Waals surface area (Å²) in [6.45, 7) is 6.03. The maximum Gasteiger partial charge on any atom is 0.337 e. The fraction of sp³-hybridized carbons (Fsp3) is 0.278. The molecule has 0 saturated heterocycles. The van der Waals surface area contributed by atoms with Gasteiger partial charge in [-0.25, -0.2) is 9.59 Å². The highest BCUT2D eigenvalue weighted by atomic mass is 32.2. The Morgan fingerprint density at radius 1 is 1.14 bits per heavy atom. The number of esters is 2. The summed E-state index contributed by atoms with van der Waals surface area (Å²) in [4.78, 5) is 35.9. The molecule has 0 aliphatic rings. The van der Waals surface area contributed by atoms with Crippen LogP contribution >= 0.6 is 11.8 Å². The van der Waals surface area contributed by atoms with E-state index in [1.165, 1.54) is 44.2 Å². The van der Waals surface area contributed by atoms with Crippen LogP contribution < -0.4 is 5.32 Å². The summed E-state index contributed by atoms with van der Waals surface area (Å²) in [7, 11) is 2.45. The van der Waals surface area contributed by atoms with Crippen molar-refractivity contribution < 1.29 is 23.9 Å². The monoisotopic (exact) mass is 404 g/mol. The molecule has 1 amide bonds. The van der Waals surface area contributed by atoms with Gasteiger partial charge in [-0.3, -0.25) is 4.79 Å². The van der Waals surface area contributed by atoms with Gasteiger partial charge in [0.1, 0.15) is 5.82 Å². The van der Waals surface area contributed by atoms with Gasteiger partial charge in [0.15, 0.2) is 5.16 Å². The number of carbonyl (C=O) groups is 3. The molecule has 1 heterocycles. The molecule has 1 N–H and O–H groups in total. The van der Waals surface area contributed by atoms with Crippen molar-refractivity contribution in [2.75, 3.05) is 25.3 Å². The molecule has 1 aromatic carbocycles. The molecule has 10 heteroatoms. The number of amides is 1. The molecule has 0 spiro atoms. The number of aromatic nitrogens is 3. The Kier molecular flexibility index (Phi) is 7.33. The van der Waals surface area contributed by atoms with E-state index in [9.17, 15) is 14.4 Å². The molecule has 0 aliphatic carbocycles. The predicted octanol–water partition coefficient (Wildman–Crippen LogP) is 2.08. The second-order valence-electron chi connectivity index (χ2n) is 5.55. The Bertz CT molecular complexity index is 875. The second-order valence-corrected chi connectivity index (χ2v) is 6.49. The average molecular weight is 404 g/mol. The number of rotatable bonds is 8. The molecule has 2 rings (SSSR count). The van der Waals surface area contributed by atoms with Crippen LogP contribution in [0.2, 0.25) is 0 Å². The van der Waals surface area contributed by atoms with E-state index in [0.29, 0.717) is 11.7 Å². The molecule has 1 aromatic heterocycles. The van der Waals surface area contributed by atoms with Gasteiger partial charge in [0.05, 0.1) is 31.1 Å². The van der Waals surface area contributed by atoms with E-state index in [4.69, 9.17) is 0 Å². The molecule has 0 radical (unpaired) electrons. The minimum atomic E-state index is -0.636. The SMILES string of the molecule is C=CCn1c(C)nnc1SCC(=O)Nc1cc(C(=O)OC)cc(C(=O)OC)c1. The first-order valence-corrected chi connectivity index (χ1v) is 9.13. The molecule has 0 aliphatic heterocycles. The summed E-state index contributed by atoms with van der Waals surface area (Å²) in [6, 6.07) is 4.18. The summed E-state index contributed by atoms with van der Waals surface area (Å²) < 4.78 is 11.2. The van der Waals surface area contributed by atoms with E-state index in [0.717, 1.165) is 5.82 Å². The number of benzene rings is 1. The molecule has 0 fully saturated rings. The third-order valence-corrected chi connectivity index (χ3v) is 4.57. The van der Waals surface area contributed by atoms with Gasteiger partial charge in [0, 0.05) is 12.2 Å². The average Bonchev–Trinajstić information content (AvgIpc) is 3.04. The van der Waals surface area contributed by atoms with Crippen molar-refractivity contribution in [3.05, 3.63) is 47.8 Å². The van der Waals surface area contributed by atoms with E-state index < -0.39 is 11.9 Å². The second kappa shape index (κ2) is 9.70. The first-order valence-electron chi connectivity index (χ1n) is 8.14. The lowest BCUT2D eigenvalue weighted by Crippen LogP contribution is -2.16. The summed E-state index contributed by atoms with van der Waals surface area (Å²) in [6.07, 6.45) is 1.72. The zero-order valence-corrected chi connectivity index (χ0v) is 16.5. The van der Waals surface area contributed by atoms with E-state index in [-0.39, 0.29) is 28.5 Å². The first-order chi connectivity index (χ1) is 13.4. The molecular formula is C18H20N4O5S. The van der Waals surface area contributed by atoms with Crippen LogP contribution in [0.5, 0.6) is 0 Å². The molecular weight excluding hydrogens is 384 g/mol. The van der Waals surface area contributed by atoms with Crippen LogP contribution in [0.1, 0.15) is 26.5 Å². The third kappa shape index (κ3) is 5.19. The van der Waals surface area contributed by atoms with Crippen molar-refractivity contribution in [1.82, 2.24) is 14.8 Å². The number of nitrogens with zero attached hydrogens (tertiary/aromatic N) is 3. The minimum Gasteiger partial charge on any atom is -0.465 e. The smallest absolute Gasteiger partial charge is 0.337 e. The van der Waals surface area contributed by atoms with E-state index in [1.807, 2.05) is 11.5 Å². The number of methoxy groups -OCH3 is 2. The Balaban J connectivity index is 2.13. The Morgan fingerprint density at radius 3 is 2.29 bits per heavy atom. The van der Waals surface area contributed by atoms with Gasteiger partial charge in [0.2, 0.25) is 5.91 Å². The first kappa shape index (κ1) is 21.2. The van der Waals surface area contributed by atoms with Crippen LogP contribution in [0.4, 0.5) is 5.69 Å². The maximum absolute atomic E-state index is 12.3. The normalized spacial score (nSPS) is 10.2. The molecule has 0 saturated carbocycles. The topological polar surface area (TPSA) is 112 Å². The van der Waals surface area contributed by atoms with Gasteiger partial charge in [-0.15, -0.1) is 16.8 Å². The highest BCUT2D eigenvalue weighted by molar-refractivity contribution is 7.99. The molecule has 28 heavy (non-hydrogen) atoms. The highest BCUT2D eigenvalue weighted by Gasteiger charge is 2.16. The quantitative estimate of drug-likeness (QED) is 0.404. The van der Waals surface area contributed by atoms with Crippen molar-refractivity contribution >= 4 is 35.3 Å². The highest BCUT2D eigenvalue weighted by Crippen LogP contribution is 2.20. The van der Waals surface area contributed by atoms with Gasteiger partial charge in [-0.05, 0) is 25.1 Å². The van der Waals surface area contributed by atoms with E-state index in [2.05, 4.69) is 31.6 Å². The Hall–Kier alpha value is -3.14. The number of nitrogens with one attached hydrogen (secondary N) is 1. The third-order valence-electron chi connectivity index (χ3n) is 3.60. The number of hydrogen-bond donors (Lipinski definition) is 1. The number of aryl methyl sites for hydroxylation is 1. The zero-order valence-electron chi connectivity index (χ0n) is 15.7. The van der Waals surface area contributed by atoms with Crippen molar-refractivity contribution in [1.29, 1.82) is 0 Å². The van der Waals surface area contributed by atoms with Crippen molar-refractivity contribution in [2.24, 2.45) is 0 Å². The summed E-state index contributed by atoms with van der Waals surface area (Å²) in [5, 5.41) is 11.3. The fourth-order valence-electron chi connectivity index (χ4n) is 2.31. The minimum absolute atomic E-state index is 0.0608. The molecule has 9 nitrogen and oxygen atoms in total. The van der Waals surface area contributed by atoms with Gasteiger partial charge in [-0.2, -0.15) is 0 Å². The van der Waals surface area contributed by atoms with Crippen LogP contribution in [0.15, 0.2) is 36.0 Å². The summed E-state index contributed by atoms with van der Waals surface area (Å²) in [5.74, 6) is -0.831. The zero-order chi connectivity index (χ0) is 20.7. The Labute approximate surface area is 166 Å². The fourth-order valence-corrected chi connectivity index (χ4v) is 3.10. The van der Waals surface area contributed by atoms with Gasteiger partial charge in [-0.1, -0.05) is 17.8 Å². The molecule has 0 atom stereocenters. The van der Waals surface area contributed by atoms with Crippen molar-refractivity contribution in [3.8, 4) is 0 Å². The maximum atomic E-state index is 12.3. The molecule has 0 unspecified atom stereocenters. The summed E-state index contributed by atoms with van der Waals surface area (Å²) in [5.41, 5.74) is 0.516. The number of allylic oxidation sites excluding steroid dienone is 1.